The SMILES string of the molecule is COC(=O)c1cc(Oc2ccccc2Br)ccc1[NH3+]. The Morgan fingerprint density at radius 1 is 1.21 bits per heavy atom. The van der Waals surface area contributed by atoms with E-state index in [0.717, 1.165) is 4.47 Å². The molecule has 0 aliphatic heterocycles. The van der Waals surface area contributed by atoms with E-state index in [0.29, 0.717) is 22.7 Å². The highest BCUT2D eigenvalue weighted by Gasteiger charge is 2.14. The number of quaternary nitrogens is 1. The van der Waals surface area contributed by atoms with Crippen molar-refractivity contribution in [3.05, 3.63) is 52.5 Å². The number of hydrogen-bond acceptors (Lipinski definition) is 3. The summed E-state index contributed by atoms with van der Waals surface area (Å²) in [6, 6.07) is 12.6. The summed E-state index contributed by atoms with van der Waals surface area (Å²) in [5, 5.41) is 0. The topological polar surface area (TPSA) is 63.2 Å². The molecule has 2 rings (SSSR count). The molecule has 5 heteroatoms. The van der Waals surface area contributed by atoms with Gasteiger partial charge in [-0.3, -0.25) is 0 Å². The molecule has 0 spiro atoms. The molecule has 0 unspecified atom stereocenters. The van der Waals surface area contributed by atoms with Gasteiger partial charge in [0.1, 0.15) is 22.7 Å². The third-order valence-corrected chi connectivity index (χ3v) is 3.21. The lowest BCUT2D eigenvalue weighted by Gasteiger charge is -2.09. The molecule has 0 heterocycles. The molecular formula is C14H13BrNO3+. The summed E-state index contributed by atoms with van der Waals surface area (Å²) in [4.78, 5) is 11.6. The Morgan fingerprint density at radius 3 is 2.63 bits per heavy atom. The monoisotopic (exact) mass is 322 g/mol. The second kappa shape index (κ2) is 5.86. The van der Waals surface area contributed by atoms with Gasteiger partial charge in [-0.05, 0) is 34.1 Å². The maximum absolute atomic E-state index is 11.6. The second-order valence-corrected chi connectivity index (χ2v) is 4.70. The fourth-order valence-corrected chi connectivity index (χ4v) is 1.94. The Hall–Kier alpha value is -1.85. The average Bonchev–Trinajstić information content (AvgIpc) is 2.42. The molecule has 98 valence electrons. The lowest BCUT2D eigenvalue weighted by atomic mass is 10.1. The van der Waals surface area contributed by atoms with Gasteiger partial charge in [-0.15, -0.1) is 0 Å². The summed E-state index contributed by atoms with van der Waals surface area (Å²) in [6.07, 6.45) is 0. The van der Waals surface area contributed by atoms with Crippen LogP contribution in [-0.2, 0) is 4.74 Å². The van der Waals surface area contributed by atoms with E-state index in [1.165, 1.54) is 7.11 Å². The fraction of sp³-hybridized carbons (Fsp3) is 0.0714. The van der Waals surface area contributed by atoms with Crippen LogP contribution in [0.1, 0.15) is 10.4 Å². The molecule has 0 amide bonds. The van der Waals surface area contributed by atoms with E-state index in [4.69, 9.17) is 9.47 Å². The van der Waals surface area contributed by atoms with Gasteiger partial charge in [-0.2, -0.15) is 0 Å². The van der Waals surface area contributed by atoms with Crippen molar-refractivity contribution >= 4 is 27.6 Å². The Balaban J connectivity index is 2.32. The van der Waals surface area contributed by atoms with Gasteiger partial charge in [0.25, 0.3) is 0 Å². The zero-order valence-electron chi connectivity index (χ0n) is 10.4. The van der Waals surface area contributed by atoms with E-state index < -0.39 is 5.97 Å². The van der Waals surface area contributed by atoms with Crippen molar-refractivity contribution in [1.82, 2.24) is 0 Å². The Morgan fingerprint density at radius 2 is 1.95 bits per heavy atom. The molecule has 0 bridgehead atoms. The summed E-state index contributed by atoms with van der Waals surface area (Å²) >= 11 is 3.40. The molecule has 2 aromatic carbocycles. The van der Waals surface area contributed by atoms with Crippen molar-refractivity contribution in [1.29, 1.82) is 0 Å². The van der Waals surface area contributed by atoms with Gasteiger partial charge in [0.15, 0.2) is 0 Å². The molecular weight excluding hydrogens is 310 g/mol. The molecule has 0 radical (unpaired) electrons. The van der Waals surface area contributed by atoms with E-state index in [-0.39, 0.29) is 0 Å². The number of rotatable bonds is 3. The van der Waals surface area contributed by atoms with Crippen molar-refractivity contribution in [2.45, 2.75) is 0 Å². The van der Waals surface area contributed by atoms with Gasteiger partial charge in [0.2, 0.25) is 0 Å². The van der Waals surface area contributed by atoms with Gasteiger partial charge in [-0.1, -0.05) is 12.1 Å². The molecule has 4 nitrogen and oxygen atoms in total. The summed E-state index contributed by atoms with van der Waals surface area (Å²) in [5.74, 6) is 0.803. The number of benzene rings is 2. The average molecular weight is 323 g/mol. The highest BCUT2D eigenvalue weighted by atomic mass is 79.9. The number of carbonyl (C=O) groups excluding carboxylic acids is 1. The zero-order chi connectivity index (χ0) is 13.8. The van der Waals surface area contributed by atoms with Crippen LogP contribution in [0.5, 0.6) is 11.5 Å². The maximum atomic E-state index is 11.6. The van der Waals surface area contributed by atoms with Gasteiger partial charge >= 0.3 is 5.97 Å². The predicted octanol–water partition coefficient (Wildman–Crippen LogP) is 2.90. The van der Waals surface area contributed by atoms with Gasteiger partial charge in [0, 0.05) is 12.1 Å². The Labute approximate surface area is 119 Å². The summed E-state index contributed by atoms with van der Waals surface area (Å²) in [7, 11) is 1.34. The first-order valence-electron chi connectivity index (χ1n) is 5.58. The van der Waals surface area contributed by atoms with Crippen molar-refractivity contribution in [3.8, 4) is 11.5 Å². The molecule has 0 saturated heterocycles. The number of ether oxygens (including phenoxy) is 2. The molecule has 0 aromatic heterocycles. The molecule has 19 heavy (non-hydrogen) atoms. The second-order valence-electron chi connectivity index (χ2n) is 3.84. The number of carbonyl (C=O) groups is 1. The first-order valence-corrected chi connectivity index (χ1v) is 6.38. The minimum absolute atomic E-state index is 0.395. The van der Waals surface area contributed by atoms with Crippen LogP contribution in [0.15, 0.2) is 46.9 Å². The van der Waals surface area contributed by atoms with Crippen LogP contribution in [0.3, 0.4) is 0 Å². The van der Waals surface area contributed by atoms with E-state index >= 15 is 0 Å². The van der Waals surface area contributed by atoms with Gasteiger partial charge < -0.3 is 15.2 Å². The molecule has 0 fully saturated rings. The van der Waals surface area contributed by atoms with Crippen LogP contribution in [0.2, 0.25) is 0 Å². The molecule has 0 saturated carbocycles. The van der Waals surface area contributed by atoms with Crippen LogP contribution in [-0.4, -0.2) is 13.1 Å². The first kappa shape index (κ1) is 13.6. The van der Waals surface area contributed by atoms with Gasteiger partial charge in [0.05, 0.1) is 11.6 Å². The van der Waals surface area contributed by atoms with Crippen molar-refractivity contribution in [2.24, 2.45) is 0 Å². The lowest BCUT2D eigenvalue weighted by Crippen LogP contribution is -2.42. The zero-order valence-corrected chi connectivity index (χ0v) is 11.9. The van der Waals surface area contributed by atoms with E-state index in [9.17, 15) is 4.79 Å². The Bertz CT molecular complexity index is 613. The molecule has 2 aromatic rings. The molecule has 0 aliphatic carbocycles. The fourth-order valence-electron chi connectivity index (χ4n) is 1.57. The maximum Gasteiger partial charge on any atom is 0.344 e. The summed E-state index contributed by atoms with van der Waals surface area (Å²) in [6.45, 7) is 0. The van der Waals surface area contributed by atoms with Crippen LogP contribution in [0.4, 0.5) is 5.69 Å². The van der Waals surface area contributed by atoms with E-state index in [1.807, 2.05) is 24.3 Å². The molecule has 3 N–H and O–H groups in total. The third kappa shape index (κ3) is 3.13. The van der Waals surface area contributed by atoms with Crippen molar-refractivity contribution < 1.29 is 20.0 Å². The quantitative estimate of drug-likeness (QED) is 0.884. The smallest absolute Gasteiger partial charge is 0.344 e. The van der Waals surface area contributed by atoms with Crippen LogP contribution >= 0.6 is 15.9 Å². The summed E-state index contributed by atoms with van der Waals surface area (Å²) in [5.41, 5.74) is 4.79. The van der Waals surface area contributed by atoms with E-state index in [2.05, 4.69) is 21.7 Å². The number of esters is 1. The van der Waals surface area contributed by atoms with Crippen molar-refractivity contribution in [3.63, 3.8) is 0 Å². The van der Waals surface area contributed by atoms with Gasteiger partial charge in [-0.25, -0.2) is 4.79 Å². The highest BCUT2D eigenvalue weighted by Crippen LogP contribution is 2.30. The highest BCUT2D eigenvalue weighted by molar-refractivity contribution is 9.10. The normalized spacial score (nSPS) is 10.1. The van der Waals surface area contributed by atoms with Crippen LogP contribution < -0.4 is 10.5 Å². The largest absolute Gasteiger partial charge is 0.465 e. The molecule has 0 atom stereocenters. The number of halogens is 1. The minimum atomic E-state index is -0.428. The lowest BCUT2D eigenvalue weighted by molar-refractivity contribution is -0.255. The standard InChI is InChI=1S/C14H12BrNO3/c1-18-14(17)10-8-9(6-7-12(10)16)19-13-5-3-2-4-11(13)15/h2-8H,16H2,1H3/p+1. The van der Waals surface area contributed by atoms with Crippen LogP contribution in [0.25, 0.3) is 0 Å². The third-order valence-electron chi connectivity index (χ3n) is 2.55. The summed E-state index contributed by atoms with van der Waals surface area (Å²) < 4.78 is 11.3. The predicted molar refractivity (Wildman–Crippen MR) is 74.5 cm³/mol. The van der Waals surface area contributed by atoms with Crippen LogP contribution in [0, 0.1) is 0 Å². The number of hydrogen-bond donors (Lipinski definition) is 1. The first-order chi connectivity index (χ1) is 9.11. The van der Waals surface area contributed by atoms with E-state index in [1.54, 1.807) is 18.2 Å². The minimum Gasteiger partial charge on any atom is -0.465 e. The van der Waals surface area contributed by atoms with Crippen molar-refractivity contribution in [2.75, 3.05) is 7.11 Å². The molecule has 0 aliphatic rings. The Kier molecular flexibility index (Phi) is 4.19. The number of para-hydroxylation sites is 1. The number of methoxy groups -OCH3 is 1.